The fraction of sp³-hybridized carbons (Fsp3) is 0.423. The van der Waals surface area contributed by atoms with E-state index in [1.54, 1.807) is 13.1 Å². The number of fused-ring (bicyclic) bond motifs is 1. The van der Waals surface area contributed by atoms with Gasteiger partial charge in [0, 0.05) is 33.2 Å². The zero-order valence-corrected chi connectivity index (χ0v) is 20.0. The Morgan fingerprint density at radius 2 is 2.03 bits per heavy atom. The van der Waals surface area contributed by atoms with E-state index in [0.717, 1.165) is 22.2 Å². The van der Waals surface area contributed by atoms with Crippen molar-refractivity contribution in [3.63, 3.8) is 0 Å². The summed E-state index contributed by atoms with van der Waals surface area (Å²) in [5.41, 5.74) is 4.12. The van der Waals surface area contributed by atoms with E-state index in [4.69, 9.17) is 13.9 Å². The van der Waals surface area contributed by atoms with Gasteiger partial charge in [-0.2, -0.15) is 5.26 Å². The van der Waals surface area contributed by atoms with E-state index >= 15 is 0 Å². The van der Waals surface area contributed by atoms with Gasteiger partial charge in [0.15, 0.2) is 5.58 Å². The lowest BCUT2D eigenvalue weighted by Crippen LogP contribution is -2.49. The average molecular weight is 479 g/mol. The van der Waals surface area contributed by atoms with Crippen molar-refractivity contribution in [1.29, 1.82) is 5.26 Å². The lowest BCUT2D eigenvalue weighted by Gasteiger charge is -2.26. The number of carbonyl (C=O) groups excluding carboxylic acids is 1. The maximum atomic E-state index is 12.7. The fourth-order valence-electron chi connectivity index (χ4n) is 4.19. The molecule has 2 N–H and O–H groups in total. The van der Waals surface area contributed by atoms with E-state index in [0.29, 0.717) is 44.7 Å². The minimum Gasteiger partial charge on any atom is -0.408 e. The van der Waals surface area contributed by atoms with Crippen molar-refractivity contribution in [2.75, 3.05) is 26.3 Å². The Kier molecular flexibility index (Phi) is 7.98. The predicted molar refractivity (Wildman–Crippen MR) is 131 cm³/mol. The van der Waals surface area contributed by atoms with E-state index in [-0.39, 0.29) is 12.0 Å². The molecule has 1 aliphatic heterocycles. The van der Waals surface area contributed by atoms with Crippen molar-refractivity contribution in [2.24, 2.45) is 7.05 Å². The van der Waals surface area contributed by atoms with E-state index < -0.39 is 17.9 Å². The highest BCUT2D eigenvalue weighted by Gasteiger charge is 2.25. The summed E-state index contributed by atoms with van der Waals surface area (Å²) in [5, 5.41) is 15.6. The maximum absolute atomic E-state index is 12.7. The number of nitrogens with zero attached hydrogens (tertiary/aromatic N) is 2. The van der Waals surface area contributed by atoms with Crippen molar-refractivity contribution >= 4 is 17.0 Å². The molecule has 184 valence electrons. The highest BCUT2D eigenvalue weighted by molar-refractivity contribution is 5.82. The Labute approximate surface area is 203 Å². The zero-order valence-electron chi connectivity index (χ0n) is 20.0. The number of aromatic nitrogens is 1. The van der Waals surface area contributed by atoms with Crippen molar-refractivity contribution in [3.05, 3.63) is 58.6 Å². The lowest BCUT2D eigenvalue weighted by atomic mass is 10.0. The second-order valence-corrected chi connectivity index (χ2v) is 8.58. The predicted octanol–water partition coefficient (Wildman–Crippen LogP) is 2.13. The van der Waals surface area contributed by atoms with Crippen molar-refractivity contribution < 1.29 is 18.7 Å². The molecular weight excluding hydrogens is 448 g/mol. The molecule has 0 spiro atoms. The van der Waals surface area contributed by atoms with Crippen LogP contribution in [-0.4, -0.2) is 55.0 Å². The smallest absolute Gasteiger partial charge is 0.408 e. The Balaban J connectivity index is 1.36. The van der Waals surface area contributed by atoms with Gasteiger partial charge >= 0.3 is 5.76 Å². The first-order valence-corrected chi connectivity index (χ1v) is 11.8. The monoisotopic (exact) mass is 478 g/mol. The van der Waals surface area contributed by atoms with Gasteiger partial charge in [-0.05, 0) is 42.2 Å². The van der Waals surface area contributed by atoms with Crippen molar-refractivity contribution in [1.82, 2.24) is 15.2 Å². The number of nitriles is 1. The molecule has 2 heterocycles. The largest absolute Gasteiger partial charge is 0.419 e. The van der Waals surface area contributed by atoms with Crippen LogP contribution in [0, 0.1) is 11.3 Å². The normalized spacial score (nSPS) is 19.5. The highest BCUT2D eigenvalue weighted by atomic mass is 16.5. The van der Waals surface area contributed by atoms with Crippen LogP contribution in [0.3, 0.4) is 0 Å². The molecule has 9 heteroatoms. The molecule has 35 heavy (non-hydrogen) atoms. The van der Waals surface area contributed by atoms with Gasteiger partial charge in [-0.15, -0.1) is 0 Å². The van der Waals surface area contributed by atoms with Crippen molar-refractivity contribution in [2.45, 2.75) is 38.0 Å². The summed E-state index contributed by atoms with van der Waals surface area (Å²) in [6.07, 6.45) is 0.518. The molecular formula is C26H30N4O5. The summed E-state index contributed by atoms with van der Waals surface area (Å²) in [6, 6.07) is 14.9. The van der Waals surface area contributed by atoms with E-state index in [1.807, 2.05) is 43.3 Å². The van der Waals surface area contributed by atoms with Crippen LogP contribution in [0.1, 0.15) is 18.9 Å². The summed E-state index contributed by atoms with van der Waals surface area (Å²) >= 11 is 0. The molecule has 1 aliphatic rings. The van der Waals surface area contributed by atoms with Crippen LogP contribution < -0.4 is 16.4 Å². The number of benzene rings is 2. The van der Waals surface area contributed by atoms with Crippen LogP contribution in [-0.2, 0) is 27.7 Å². The van der Waals surface area contributed by atoms with Crippen LogP contribution in [0.25, 0.3) is 22.2 Å². The first-order valence-electron chi connectivity index (χ1n) is 11.8. The molecule has 0 aliphatic carbocycles. The van der Waals surface area contributed by atoms with E-state index in [1.165, 1.54) is 4.57 Å². The van der Waals surface area contributed by atoms with Crippen molar-refractivity contribution in [3.8, 4) is 17.2 Å². The van der Waals surface area contributed by atoms with Crippen LogP contribution in [0.15, 0.2) is 51.7 Å². The zero-order chi connectivity index (χ0) is 24.8. The summed E-state index contributed by atoms with van der Waals surface area (Å²) in [4.78, 5) is 24.4. The third-order valence-electron chi connectivity index (χ3n) is 6.15. The van der Waals surface area contributed by atoms with E-state index in [2.05, 4.69) is 16.7 Å². The van der Waals surface area contributed by atoms with Gasteiger partial charge in [0.05, 0.1) is 24.3 Å². The molecule has 2 aromatic carbocycles. The Bertz CT molecular complexity index is 1250. The number of carbonyl (C=O) groups is 1. The number of amides is 1. The maximum Gasteiger partial charge on any atom is 0.419 e. The average Bonchev–Trinajstić information content (AvgIpc) is 3.13. The van der Waals surface area contributed by atoms with Gasteiger partial charge < -0.3 is 24.5 Å². The molecule has 1 fully saturated rings. The molecule has 0 saturated carbocycles. The second-order valence-electron chi connectivity index (χ2n) is 8.58. The SMILES string of the molecule is CCO[C@@H]1CCO[C@H](C(=O)N[C@H](C#N)Cc2ccc(-c3ccc4oc(=O)n(C)c4c3)cc2)CNC1. The van der Waals surface area contributed by atoms with Crippen LogP contribution in [0.5, 0.6) is 0 Å². The Morgan fingerprint density at radius 1 is 1.26 bits per heavy atom. The molecule has 0 radical (unpaired) electrons. The summed E-state index contributed by atoms with van der Waals surface area (Å²) < 4.78 is 18.0. The Hall–Kier alpha value is -3.45. The van der Waals surface area contributed by atoms with Crippen LogP contribution >= 0.6 is 0 Å². The highest BCUT2D eigenvalue weighted by Crippen LogP contribution is 2.24. The standard InChI is InChI=1S/C26H30N4O5/c1-3-33-21-10-11-34-24(16-28-15-21)25(31)29-20(14-27)12-17-4-6-18(7-5-17)19-8-9-23-22(13-19)30(2)26(32)35-23/h4-9,13,20-21,24,28H,3,10-12,15-16H2,1-2H3,(H,29,31)/t20-,21+,24-/m0/s1. The number of rotatable bonds is 7. The van der Waals surface area contributed by atoms with Crippen LogP contribution in [0.2, 0.25) is 0 Å². The summed E-state index contributed by atoms with van der Waals surface area (Å²) in [7, 11) is 1.67. The summed E-state index contributed by atoms with van der Waals surface area (Å²) in [5.74, 6) is -0.693. The quantitative estimate of drug-likeness (QED) is 0.534. The van der Waals surface area contributed by atoms with Gasteiger partial charge in [0.1, 0.15) is 12.1 Å². The van der Waals surface area contributed by atoms with Gasteiger partial charge in [-0.3, -0.25) is 9.36 Å². The third kappa shape index (κ3) is 5.98. The number of hydrogen-bond acceptors (Lipinski definition) is 7. The molecule has 1 amide bonds. The lowest BCUT2D eigenvalue weighted by molar-refractivity contribution is -0.134. The molecule has 4 rings (SSSR count). The topological polar surface area (TPSA) is 119 Å². The minimum absolute atomic E-state index is 0.0763. The minimum atomic E-state index is -0.671. The number of hydrogen-bond donors (Lipinski definition) is 2. The molecule has 3 aromatic rings. The number of aryl methyl sites for hydroxylation is 1. The number of oxazole rings is 1. The molecule has 1 aromatic heterocycles. The van der Waals surface area contributed by atoms with Gasteiger partial charge in [0.25, 0.3) is 5.91 Å². The molecule has 3 atom stereocenters. The van der Waals surface area contributed by atoms with E-state index in [9.17, 15) is 14.9 Å². The first-order chi connectivity index (χ1) is 17.0. The number of nitrogens with one attached hydrogen (secondary N) is 2. The Morgan fingerprint density at radius 3 is 2.77 bits per heavy atom. The second kappa shape index (κ2) is 11.3. The fourth-order valence-corrected chi connectivity index (χ4v) is 4.19. The summed E-state index contributed by atoms with van der Waals surface area (Å²) in [6.45, 7) is 4.06. The van der Waals surface area contributed by atoms with Crippen LogP contribution in [0.4, 0.5) is 0 Å². The number of ether oxygens (including phenoxy) is 2. The first kappa shape index (κ1) is 24.7. The molecule has 0 unspecified atom stereocenters. The molecule has 1 saturated heterocycles. The van der Waals surface area contributed by atoms with Gasteiger partial charge in [-0.1, -0.05) is 30.3 Å². The third-order valence-corrected chi connectivity index (χ3v) is 6.15. The molecule has 9 nitrogen and oxygen atoms in total. The van der Waals surface area contributed by atoms with Gasteiger partial charge in [0.2, 0.25) is 0 Å². The van der Waals surface area contributed by atoms with Gasteiger partial charge in [-0.25, -0.2) is 4.79 Å². The molecule has 0 bridgehead atoms.